The Bertz CT molecular complexity index is 1130. The van der Waals surface area contributed by atoms with Crippen LogP contribution >= 0.6 is 0 Å². The van der Waals surface area contributed by atoms with Gasteiger partial charge in [-0.15, -0.1) is 0 Å². The molecule has 1 aliphatic heterocycles. The van der Waals surface area contributed by atoms with Gasteiger partial charge in [-0.05, 0) is 42.9 Å². The van der Waals surface area contributed by atoms with E-state index >= 15 is 0 Å². The first kappa shape index (κ1) is 21.8. The van der Waals surface area contributed by atoms with Crippen LogP contribution in [0, 0.1) is 23.2 Å². The van der Waals surface area contributed by atoms with Crippen LogP contribution in [-0.2, 0) is 4.79 Å². The summed E-state index contributed by atoms with van der Waals surface area (Å²) in [6.45, 7) is 8.05. The maximum Gasteiger partial charge on any atom is 0.244 e. The smallest absolute Gasteiger partial charge is 0.244 e. The van der Waals surface area contributed by atoms with Gasteiger partial charge < -0.3 is 10.2 Å². The number of nitriles is 1. The Morgan fingerprint density at radius 1 is 1.03 bits per heavy atom. The van der Waals surface area contributed by atoms with Crippen molar-refractivity contribution in [2.45, 2.75) is 39.2 Å². The fraction of sp³-hybridized carbons (Fsp3) is 0.385. The molecule has 0 saturated carbocycles. The first-order chi connectivity index (χ1) is 15.5. The van der Waals surface area contributed by atoms with E-state index in [-0.39, 0.29) is 11.9 Å². The lowest BCUT2D eigenvalue weighted by atomic mass is 9.91. The van der Waals surface area contributed by atoms with Crippen LogP contribution in [0.2, 0.25) is 0 Å². The van der Waals surface area contributed by atoms with Gasteiger partial charge in [-0.25, -0.2) is 9.97 Å². The predicted octanol–water partition coefficient (Wildman–Crippen LogP) is 4.60. The van der Waals surface area contributed by atoms with Crippen molar-refractivity contribution in [1.29, 1.82) is 5.26 Å². The highest BCUT2D eigenvalue weighted by atomic mass is 16.2. The molecular weight excluding hydrogens is 398 g/mol. The molecule has 164 valence electrons. The first-order valence-electron chi connectivity index (χ1n) is 11.2. The van der Waals surface area contributed by atoms with Crippen molar-refractivity contribution in [3.8, 4) is 6.07 Å². The van der Waals surface area contributed by atoms with Gasteiger partial charge in [0.05, 0.1) is 23.1 Å². The minimum atomic E-state index is -1.04. The van der Waals surface area contributed by atoms with E-state index < -0.39 is 5.92 Å². The van der Waals surface area contributed by atoms with Crippen LogP contribution in [0.25, 0.3) is 11.0 Å². The lowest BCUT2D eigenvalue weighted by Crippen LogP contribution is -2.41. The zero-order valence-corrected chi connectivity index (χ0v) is 18.8. The van der Waals surface area contributed by atoms with Gasteiger partial charge in [-0.1, -0.05) is 56.3 Å². The van der Waals surface area contributed by atoms with Crippen LogP contribution in [-0.4, -0.2) is 29.0 Å². The van der Waals surface area contributed by atoms with Crippen molar-refractivity contribution in [3.63, 3.8) is 0 Å². The summed E-state index contributed by atoms with van der Waals surface area (Å²) in [5, 5.41) is 13.0. The molecule has 1 N–H and O–H groups in total. The van der Waals surface area contributed by atoms with Crippen LogP contribution in [0.5, 0.6) is 0 Å². The summed E-state index contributed by atoms with van der Waals surface area (Å²) in [6, 6.07) is 19.3. The molecule has 2 aromatic carbocycles. The number of rotatable bonds is 5. The molecule has 32 heavy (non-hydrogen) atoms. The highest BCUT2D eigenvalue weighted by Crippen LogP contribution is 2.32. The van der Waals surface area contributed by atoms with Gasteiger partial charge in [0.2, 0.25) is 5.91 Å². The molecule has 1 aliphatic rings. The number of para-hydroxylation sites is 2. The summed E-state index contributed by atoms with van der Waals surface area (Å²) < 4.78 is 0. The lowest BCUT2D eigenvalue weighted by Gasteiger charge is -2.36. The number of nitrogens with zero attached hydrogens (tertiary/aromatic N) is 4. The van der Waals surface area contributed by atoms with Crippen LogP contribution in [0.3, 0.4) is 0 Å². The molecule has 1 fully saturated rings. The largest absolute Gasteiger partial charge is 0.355 e. The molecule has 2 heterocycles. The molecule has 0 radical (unpaired) electrons. The van der Waals surface area contributed by atoms with Gasteiger partial charge in [0.25, 0.3) is 0 Å². The summed E-state index contributed by atoms with van der Waals surface area (Å²) in [6.07, 6.45) is 1.16. The molecule has 0 aliphatic carbocycles. The normalized spacial score (nSPS) is 20.4. The number of benzene rings is 2. The number of fused-ring (bicyclic) bond motifs is 1. The summed E-state index contributed by atoms with van der Waals surface area (Å²) >= 11 is 0. The van der Waals surface area contributed by atoms with E-state index in [0.29, 0.717) is 28.9 Å². The fourth-order valence-corrected chi connectivity index (χ4v) is 4.63. The van der Waals surface area contributed by atoms with Gasteiger partial charge in [-0.3, -0.25) is 4.79 Å². The lowest BCUT2D eigenvalue weighted by molar-refractivity contribution is -0.122. The highest BCUT2D eigenvalue weighted by Gasteiger charge is 2.32. The Balaban J connectivity index is 1.71. The maximum absolute atomic E-state index is 13.2. The van der Waals surface area contributed by atoms with Crippen LogP contribution in [0.4, 0.5) is 5.82 Å². The molecule has 1 aromatic heterocycles. The summed E-state index contributed by atoms with van der Waals surface area (Å²) in [4.78, 5) is 25.1. The molecule has 4 rings (SSSR count). The number of piperidine rings is 1. The van der Waals surface area contributed by atoms with E-state index in [4.69, 9.17) is 9.97 Å². The second-order valence-corrected chi connectivity index (χ2v) is 8.98. The zero-order chi connectivity index (χ0) is 22.7. The van der Waals surface area contributed by atoms with E-state index in [1.165, 1.54) is 0 Å². The van der Waals surface area contributed by atoms with Crippen LogP contribution < -0.4 is 10.2 Å². The van der Waals surface area contributed by atoms with Crippen molar-refractivity contribution in [1.82, 2.24) is 15.3 Å². The van der Waals surface area contributed by atoms with Gasteiger partial charge >= 0.3 is 0 Å². The standard InChI is InChI=1S/C26H29N5O/c1-17-13-18(2)16-31(15-17)25-24(29-22-11-7-8-12-23(22)30-25)21(14-27)26(32)28-19(3)20-9-5-4-6-10-20/h4-12,17-19,21H,13,15-16H2,1-3H3,(H,28,32). The second-order valence-electron chi connectivity index (χ2n) is 8.98. The number of carbonyl (C=O) groups excluding carboxylic acids is 1. The Morgan fingerprint density at radius 3 is 2.25 bits per heavy atom. The van der Waals surface area contributed by atoms with Crippen molar-refractivity contribution >= 4 is 22.8 Å². The summed E-state index contributed by atoms with van der Waals surface area (Å²) in [7, 11) is 0. The molecule has 4 atom stereocenters. The molecule has 0 spiro atoms. The van der Waals surface area contributed by atoms with Gasteiger partial charge in [0.1, 0.15) is 5.69 Å². The van der Waals surface area contributed by atoms with Crippen molar-refractivity contribution in [2.75, 3.05) is 18.0 Å². The van der Waals surface area contributed by atoms with Crippen LogP contribution in [0.15, 0.2) is 54.6 Å². The Kier molecular flexibility index (Phi) is 6.36. The number of amides is 1. The topological polar surface area (TPSA) is 81.9 Å². The van der Waals surface area contributed by atoms with Crippen molar-refractivity contribution in [2.24, 2.45) is 11.8 Å². The van der Waals surface area contributed by atoms with Gasteiger partial charge in [0.15, 0.2) is 11.7 Å². The van der Waals surface area contributed by atoms with Crippen molar-refractivity contribution < 1.29 is 4.79 Å². The summed E-state index contributed by atoms with van der Waals surface area (Å²) in [5.74, 6) is 0.268. The van der Waals surface area contributed by atoms with Crippen LogP contribution in [0.1, 0.15) is 50.4 Å². The molecule has 3 aromatic rings. The number of carbonyl (C=O) groups is 1. The highest BCUT2D eigenvalue weighted by molar-refractivity contribution is 5.89. The first-order valence-corrected chi connectivity index (χ1v) is 11.2. The second kappa shape index (κ2) is 9.35. The quantitative estimate of drug-likeness (QED) is 0.644. The number of anilines is 1. The zero-order valence-electron chi connectivity index (χ0n) is 18.8. The molecule has 0 bridgehead atoms. The fourth-order valence-electron chi connectivity index (χ4n) is 4.63. The molecule has 6 nitrogen and oxygen atoms in total. The van der Waals surface area contributed by atoms with E-state index in [1.807, 2.05) is 61.5 Å². The number of nitrogens with one attached hydrogen (secondary N) is 1. The van der Waals surface area contributed by atoms with Gasteiger partial charge in [-0.2, -0.15) is 5.26 Å². The van der Waals surface area contributed by atoms with E-state index in [9.17, 15) is 10.1 Å². The average Bonchev–Trinajstić information content (AvgIpc) is 2.79. The summed E-state index contributed by atoms with van der Waals surface area (Å²) in [5.41, 5.74) is 2.88. The minimum absolute atomic E-state index is 0.216. The molecule has 4 unspecified atom stereocenters. The molecule has 1 saturated heterocycles. The third-order valence-corrected chi connectivity index (χ3v) is 6.07. The molecule has 1 amide bonds. The number of hydrogen-bond acceptors (Lipinski definition) is 5. The maximum atomic E-state index is 13.2. The van der Waals surface area contributed by atoms with E-state index in [1.54, 1.807) is 0 Å². The van der Waals surface area contributed by atoms with E-state index in [0.717, 1.165) is 30.6 Å². The average molecular weight is 428 g/mol. The predicted molar refractivity (Wildman–Crippen MR) is 126 cm³/mol. The molecular formula is C26H29N5O. The number of hydrogen-bond donors (Lipinski definition) is 1. The SMILES string of the molecule is CC1CC(C)CN(c2nc3ccccc3nc2C(C#N)C(=O)NC(C)c2ccccc2)C1. The third kappa shape index (κ3) is 4.57. The van der Waals surface area contributed by atoms with Crippen molar-refractivity contribution in [3.05, 3.63) is 65.9 Å². The number of aromatic nitrogens is 2. The molecule has 6 heteroatoms. The van der Waals surface area contributed by atoms with E-state index in [2.05, 4.69) is 30.1 Å². The monoisotopic (exact) mass is 427 g/mol. The Labute approximate surface area is 189 Å². The van der Waals surface area contributed by atoms with Gasteiger partial charge in [0, 0.05) is 13.1 Å². The Hall–Kier alpha value is -3.46. The Morgan fingerprint density at radius 2 is 1.62 bits per heavy atom. The minimum Gasteiger partial charge on any atom is -0.355 e. The third-order valence-electron chi connectivity index (χ3n) is 6.07.